The third-order valence-electron chi connectivity index (χ3n) is 8.35. The first-order chi connectivity index (χ1) is 13.5. The van der Waals surface area contributed by atoms with Crippen molar-refractivity contribution < 1.29 is 18.8 Å². The number of rotatable bonds is 4. The highest BCUT2D eigenvalue weighted by atomic mass is 16.6. The van der Waals surface area contributed by atoms with Gasteiger partial charge >= 0.3 is 12.0 Å². The molecule has 2 atom stereocenters. The number of carbonyl (C=O) groups is 2. The van der Waals surface area contributed by atoms with Gasteiger partial charge in [0.2, 0.25) is 0 Å². The van der Waals surface area contributed by atoms with Gasteiger partial charge in [0.25, 0.3) is 0 Å². The molecule has 1 aliphatic carbocycles. The molecule has 1 N–H and O–H groups in total. The Morgan fingerprint density at radius 1 is 1.25 bits per heavy atom. The van der Waals surface area contributed by atoms with Gasteiger partial charge in [-0.2, -0.15) is 0 Å². The molecule has 28 heavy (non-hydrogen) atoms. The Balaban J connectivity index is 1.42. The Bertz CT molecular complexity index is 598. The molecule has 158 valence electrons. The fourth-order valence-electron chi connectivity index (χ4n) is 6.70. The zero-order valence-corrected chi connectivity index (χ0v) is 17.8. The largest absolute Gasteiger partial charge is 0.450 e. The van der Waals surface area contributed by atoms with Crippen molar-refractivity contribution in [2.75, 3.05) is 45.9 Å². The van der Waals surface area contributed by atoms with Crippen molar-refractivity contribution in [3.63, 3.8) is 0 Å². The SMILES string of the molecule is CCOC(=O)N1CCC2(CC([N+]3(CC)CCCC(C4CCNCC4)C3=O)C2)C1. The van der Waals surface area contributed by atoms with E-state index in [1.54, 1.807) is 0 Å². The summed E-state index contributed by atoms with van der Waals surface area (Å²) in [6.45, 7) is 10.2. The lowest BCUT2D eigenvalue weighted by Crippen LogP contribution is -2.69. The summed E-state index contributed by atoms with van der Waals surface area (Å²) in [6.07, 6.45) is 7.69. The summed E-state index contributed by atoms with van der Waals surface area (Å²) in [5, 5.41) is 3.44. The molecule has 0 aromatic rings. The van der Waals surface area contributed by atoms with Gasteiger partial charge in [0.05, 0.1) is 31.7 Å². The highest BCUT2D eigenvalue weighted by Gasteiger charge is 2.60. The van der Waals surface area contributed by atoms with E-state index in [-0.39, 0.29) is 17.4 Å². The van der Waals surface area contributed by atoms with Crippen LogP contribution < -0.4 is 5.32 Å². The van der Waals surface area contributed by atoms with Crippen molar-refractivity contribution in [2.45, 2.75) is 64.8 Å². The maximum atomic E-state index is 13.7. The molecule has 0 radical (unpaired) electrons. The summed E-state index contributed by atoms with van der Waals surface area (Å²) < 4.78 is 5.91. The summed E-state index contributed by atoms with van der Waals surface area (Å²) in [5.41, 5.74) is 0.236. The minimum atomic E-state index is -0.165. The molecular formula is C22H38N3O3+. The van der Waals surface area contributed by atoms with Crippen molar-refractivity contribution in [1.82, 2.24) is 10.2 Å². The van der Waals surface area contributed by atoms with E-state index in [4.69, 9.17) is 4.74 Å². The second kappa shape index (κ2) is 7.94. The number of quaternary nitrogens is 1. The van der Waals surface area contributed by atoms with Gasteiger partial charge in [0, 0.05) is 31.3 Å². The summed E-state index contributed by atoms with van der Waals surface area (Å²) in [6, 6.07) is 0.462. The number of carbonyl (C=O) groups excluding carboxylic acids is 2. The van der Waals surface area contributed by atoms with Crippen LogP contribution in [0.15, 0.2) is 0 Å². The number of hydrogen-bond acceptors (Lipinski definition) is 4. The van der Waals surface area contributed by atoms with Crippen LogP contribution in [0.4, 0.5) is 4.79 Å². The number of ether oxygens (including phenoxy) is 1. The minimum Gasteiger partial charge on any atom is -0.450 e. The van der Waals surface area contributed by atoms with Crippen LogP contribution in [-0.2, 0) is 9.53 Å². The minimum absolute atomic E-state index is 0.165. The van der Waals surface area contributed by atoms with Crippen LogP contribution >= 0.6 is 0 Å². The molecule has 4 fully saturated rings. The van der Waals surface area contributed by atoms with E-state index in [2.05, 4.69) is 12.2 Å². The van der Waals surface area contributed by atoms with Crippen molar-refractivity contribution in [1.29, 1.82) is 0 Å². The average Bonchev–Trinajstić information content (AvgIpc) is 3.14. The van der Waals surface area contributed by atoms with Crippen molar-refractivity contribution in [2.24, 2.45) is 17.3 Å². The van der Waals surface area contributed by atoms with Crippen LogP contribution in [0.3, 0.4) is 0 Å². The molecule has 0 aromatic carbocycles. The molecule has 3 aliphatic heterocycles. The standard InChI is InChI=1S/C22H38N3O3/c1-3-25(13-5-6-19(20(25)26)17-7-10-23-11-8-17)18-14-22(15-18)9-12-24(16-22)21(27)28-4-2/h17-19,23H,3-16H2,1-2H3/q+1. The maximum absolute atomic E-state index is 13.7. The highest BCUT2D eigenvalue weighted by molar-refractivity contribution is 5.73. The molecule has 4 rings (SSSR count). The number of nitrogens with one attached hydrogen (secondary N) is 1. The summed E-state index contributed by atoms with van der Waals surface area (Å²) in [4.78, 5) is 27.7. The number of piperidine rings is 2. The fraction of sp³-hybridized carbons (Fsp3) is 0.909. The first-order valence-corrected chi connectivity index (χ1v) is 11.6. The maximum Gasteiger partial charge on any atom is 0.409 e. The van der Waals surface area contributed by atoms with Gasteiger partial charge in [-0.3, -0.25) is 4.48 Å². The molecule has 4 aliphatic rings. The number of amides is 2. The van der Waals surface area contributed by atoms with Crippen LogP contribution in [0.2, 0.25) is 0 Å². The van der Waals surface area contributed by atoms with E-state index < -0.39 is 0 Å². The number of likely N-dealkylation sites (tertiary alicyclic amines) is 2. The Labute approximate surface area is 169 Å². The lowest BCUT2D eigenvalue weighted by Gasteiger charge is -2.56. The summed E-state index contributed by atoms with van der Waals surface area (Å²) in [7, 11) is 0. The molecule has 0 aromatic heterocycles. The Hall–Kier alpha value is -1.14. The third kappa shape index (κ3) is 3.36. The second-order valence-electron chi connectivity index (χ2n) is 9.68. The molecule has 3 saturated heterocycles. The normalized spacial score (nSPS) is 39.2. The van der Waals surface area contributed by atoms with Crippen molar-refractivity contribution in [3.8, 4) is 0 Å². The fourth-order valence-corrected chi connectivity index (χ4v) is 6.70. The van der Waals surface area contributed by atoms with Gasteiger partial charge in [-0.15, -0.1) is 0 Å². The monoisotopic (exact) mass is 392 g/mol. The van der Waals surface area contributed by atoms with E-state index >= 15 is 0 Å². The van der Waals surface area contributed by atoms with E-state index in [9.17, 15) is 9.59 Å². The molecule has 1 spiro atoms. The van der Waals surface area contributed by atoms with Crippen molar-refractivity contribution >= 4 is 12.0 Å². The van der Waals surface area contributed by atoms with Crippen LogP contribution in [0.25, 0.3) is 0 Å². The molecule has 6 nitrogen and oxygen atoms in total. The average molecular weight is 393 g/mol. The predicted octanol–water partition coefficient (Wildman–Crippen LogP) is 2.77. The van der Waals surface area contributed by atoms with E-state index in [1.165, 1.54) is 6.42 Å². The first kappa shape index (κ1) is 20.1. The molecule has 6 heteroatoms. The number of nitrogens with zero attached hydrogens (tertiary/aromatic N) is 2. The zero-order chi connectivity index (χ0) is 19.8. The van der Waals surface area contributed by atoms with E-state index in [1.807, 2.05) is 11.8 Å². The molecule has 3 heterocycles. The first-order valence-electron chi connectivity index (χ1n) is 11.6. The topological polar surface area (TPSA) is 58.6 Å². The van der Waals surface area contributed by atoms with E-state index in [0.29, 0.717) is 24.5 Å². The summed E-state index contributed by atoms with van der Waals surface area (Å²) >= 11 is 0. The third-order valence-corrected chi connectivity index (χ3v) is 8.35. The van der Waals surface area contributed by atoms with Gasteiger partial charge in [0.1, 0.15) is 0 Å². The van der Waals surface area contributed by atoms with Gasteiger partial charge in [0.15, 0.2) is 0 Å². The molecule has 1 saturated carbocycles. The Kier molecular flexibility index (Phi) is 5.71. The smallest absolute Gasteiger partial charge is 0.409 e. The molecule has 2 amide bonds. The Morgan fingerprint density at radius 2 is 2.00 bits per heavy atom. The molecule has 2 unspecified atom stereocenters. The van der Waals surface area contributed by atoms with Crippen LogP contribution in [0, 0.1) is 17.3 Å². The van der Waals surface area contributed by atoms with Gasteiger partial charge < -0.3 is 15.0 Å². The van der Waals surface area contributed by atoms with Gasteiger partial charge in [-0.05, 0) is 65.0 Å². The van der Waals surface area contributed by atoms with Crippen molar-refractivity contribution in [3.05, 3.63) is 0 Å². The lowest BCUT2D eigenvalue weighted by atomic mass is 9.62. The van der Waals surface area contributed by atoms with Gasteiger partial charge in [-0.25, -0.2) is 9.59 Å². The zero-order valence-electron chi connectivity index (χ0n) is 17.8. The lowest BCUT2D eigenvalue weighted by molar-refractivity contribution is -0.892. The van der Waals surface area contributed by atoms with Crippen LogP contribution in [0.1, 0.15) is 58.8 Å². The predicted molar refractivity (Wildman–Crippen MR) is 108 cm³/mol. The van der Waals surface area contributed by atoms with Crippen LogP contribution in [0.5, 0.6) is 0 Å². The summed E-state index contributed by atoms with van der Waals surface area (Å²) in [5.74, 6) is 1.39. The highest BCUT2D eigenvalue weighted by Crippen LogP contribution is 2.53. The molecular weight excluding hydrogens is 354 g/mol. The second-order valence-corrected chi connectivity index (χ2v) is 9.68. The molecule has 0 bridgehead atoms. The van der Waals surface area contributed by atoms with Crippen LogP contribution in [-0.4, -0.2) is 73.3 Å². The quantitative estimate of drug-likeness (QED) is 0.748. The number of hydrogen-bond donors (Lipinski definition) is 1. The van der Waals surface area contributed by atoms with E-state index in [0.717, 1.165) is 82.3 Å². The van der Waals surface area contributed by atoms with Gasteiger partial charge in [-0.1, -0.05) is 0 Å². The Morgan fingerprint density at radius 3 is 2.68 bits per heavy atom.